The number of carbonyl (C=O) groups excluding carboxylic acids is 1. The van der Waals surface area contributed by atoms with Crippen molar-refractivity contribution in [3.05, 3.63) is 42.5 Å². The Labute approximate surface area is 104 Å². The Morgan fingerprint density at radius 1 is 1.24 bits per heavy atom. The molecule has 0 spiro atoms. The third kappa shape index (κ3) is 3.74. The van der Waals surface area contributed by atoms with Crippen LogP contribution < -0.4 is 4.90 Å². The molecule has 0 saturated carbocycles. The van der Waals surface area contributed by atoms with Crippen LogP contribution >= 0.6 is 0 Å². The second kappa shape index (κ2) is 6.89. The summed E-state index contributed by atoms with van der Waals surface area (Å²) in [7, 11) is 0. The van der Waals surface area contributed by atoms with Gasteiger partial charge in [0, 0.05) is 30.8 Å². The average molecular weight is 231 g/mol. The van der Waals surface area contributed by atoms with Crippen LogP contribution in [0.25, 0.3) is 0 Å². The second-order valence-electron chi connectivity index (χ2n) is 3.97. The first-order valence-electron chi connectivity index (χ1n) is 6.22. The highest BCUT2D eigenvalue weighted by Crippen LogP contribution is 2.16. The first-order valence-corrected chi connectivity index (χ1v) is 6.22. The molecule has 0 aliphatic heterocycles. The fourth-order valence-electron chi connectivity index (χ4n) is 1.82. The minimum absolute atomic E-state index is 0.191. The highest BCUT2D eigenvalue weighted by molar-refractivity contribution is 5.96. The number of benzene rings is 1. The molecule has 92 valence electrons. The molecule has 0 amide bonds. The first-order chi connectivity index (χ1) is 8.22. The van der Waals surface area contributed by atoms with E-state index >= 15 is 0 Å². The van der Waals surface area contributed by atoms with Crippen molar-refractivity contribution in [2.75, 3.05) is 18.0 Å². The molecule has 1 aromatic carbocycles. The number of hydrogen-bond donors (Lipinski definition) is 0. The Bertz CT molecular complexity index is 363. The van der Waals surface area contributed by atoms with Gasteiger partial charge in [-0.15, -0.1) is 6.58 Å². The monoisotopic (exact) mass is 231 g/mol. The van der Waals surface area contributed by atoms with E-state index in [0.29, 0.717) is 6.42 Å². The molecular weight excluding hydrogens is 210 g/mol. The zero-order chi connectivity index (χ0) is 12.7. The maximum absolute atomic E-state index is 11.8. The van der Waals surface area contributed by atoms with E-state index in [-0.39, 0.29) is 5.78 Å². The van der Waals surface area contributed by atoms with Gasteiger partial charge in [-0.3, -0.25) is 4.79 Å². The molecule has 1 aromatic rings. The van der Waals surface area contributed by atoms with Gasteiger partial charge in [-0.05, 0) is 44.5 Å². The minimum Gasteiger partial charge on any atom is -0.372 e. The maximum Gasteiger partial charge on any atom is 0.163 e. The predicted octanol–water partition coefficient (Wildman–Crippen LogP) is 3.68. The van der Waals surface area contributed by atoms with E-state index in [0.717, 1.165) is 25.1 Å². The first kappa shape index (κ1) is 13.5. The highest BCUT2D eigenvalue weighted by atomic mass is 16.1. The van der Waals surface area contributed by atoms with Gasteiger partial charge in [-0.1, -0.05) is 6.08 Å². The molecule has 0 heterocycles. The van der Waals surface area contributed by atoms with E-state index in [1.54, 1.807) is 6.08 Å². The Hall–Kier alpha value is -1.57. The third-order valence-electron chi connectivity index (χ3n) is 2.89. The largest absolute Gasteiger partial charge is 0.372 e. The van der Waals surface area contributed by atoms with Crippen LogP contribution in [0.4, 0.5) is 5.69 Å². The lowest BCUT2D eigenvalue weighted by atomic mass is 10.1. The van der Waals surface area contributed by atoms with E-state index < -0.39 is 0 Å². The molecule has 1 rings (SSSR count). The van der Waals surface area contributed by atoms with Gasteiger partial charge < -0.3 is 4.90 Å². The lowest BCUT2D eigenvalue weighted by Crippen LogP contribution is -2.21. The lowest BCUT2D eigenvalue weighted by molar-refractivity contribution is 0.0983. The Kier molecular flexibility index (Phi) is 5.47. The maximum atomic E-state index is 11.8. The van der Waals surface area contributed by atoms with Gasteiger partial charge in [0.2, 0.25) is 0 Å². The fraction of sp³-hybridized carbons (Fsp3) is 0.400. The van der Waals surface area contributed by atoms with Gasteiger partial charge in [0.1, 0.15) is 0 Å². The van der Waals surface area contributed by atoms with Crippen molar-refractivity contribution >= 4 is 11.5 Å². The summed E-state index contributed by atoms with van der Waals surface area (Å²) in [6.45, 7) is 9.86. The zero-order valence-electron chi connectivity index (χ0n) is 10.8. The minimum atomic E-state index is 0.191. The van der Waals surface area contributed by atoms with E-state index in [1.165, 1.54) is 5.69 Å². The SMILES string of the molecule is C=CCCC(=O)c1ccc(N(CC)CC)cc1. The van der Waals surface area contributed by atoms with Gasteiger partial charge in [0.15, 0.2) is 5.78 Å². The van der Waals surface area contributed by atoms with Crippen molar-refractivity contribution in [3.63, 3.8) is 0 Å². The Balaban J connectivity index is 2.73. The van der Waals surface area contributed by atoms with Crippen LogP contribution in [0.15, 0.2) is 36.9 Å². The summed E-state index contributed by atoms with van der Waals surface area (Å²) in [5.41, 5.74) is 1.97. The van der Waals surface area contributed by atoms with Crippen LogP contribution in [0, 0.1) is 0 Å². The molecular formula is C15H21NO. The molecule has 0 atom stereocenters. The number of carbonyl (C=O) groups is 1. The molecule has 17 heavy (non-hydrogen) atoms. The molecule has 2 heteroatoms. The lowest BCUT2D eigenvalue weighted by Gasteiger charge is -2.20. The highest BCUT2D eigenvalue weighted by Gasteiger charge is 2.06. The molecule has 0 aromatic heterocycles. The quantitative estimate of drug-likeness (QED) is 0.527. The van der Waals surface area contributed by atoms with Gasteiger partial charge in [-0.2, -0.15) is 0 Å². The summed E-state index contributed by atoms with van der Waals surface area (Å²) < 4.78 is 0. The van der Waals surface area contributed by atoms with Crippen LogP contribution in [0.3, 0.4) is 0 Å². The number of rotatable bonds is 7. The van der Waals surface area contributed by atoms with Crippen LogP contribution in [-0.4, -0.2) is 18.9 Å². The van der Waals surface area contributed by atoms with Crippen molar-refractivity contribution in [1.82, 2.24) is 0 Å². The molecule has 0 aliphatic rings. The Morgan fingerprint density at radius 3 is 2.29 bits per heavy atom. The van der Waals surface area contributed by atoms with Crippen molar-refractivity contribution in [2.24, 2.45) is 0 Å². The van der Waals surface area contributed by atoms with Gasteiger partial charge in [0.05, 0.1) is 0 Å². The number of Topliss-reactive ketones (excluding diaryl/α,β-unsaturated/α-hetero) is 1. The van der Waals surface area contributed by atoms with Crippen molar-refractivity contribution in [2.45, 2.75) is 26.7 Å². The summed E-state index contributed by atoms with van der Waals surface area (Å²) in [5, 5.41) is 0. The van der Waals surface area contributed by atoms with Crippen LogP contribution in [0.5, 0.6) is 0 Å². The number of ketones is 1. The molecule has 0 saturated heterocycles. The van der Waals surface area contributed by atoms with Crippen molar-refractivity contribution in [1.29, 1.82) is 0 Å². The summed E-state index contributed by atoms with van der Waals surface area (Å²) in [6.07, 6.45) is 3.08. The molecule has 0 aliphatic carbocycles. The molecule has 0 radical (unpaired) electrons. The average Bonchev–Trinajstić information content (AvgIpc) is 2.38. The normalized spacial score (nSPS) is 10.0. The number of hydrogen-bond acceptors (Lipinski definition) is 2. The third-order valence-corrected chi connectivity index (χ3v) is 2.89. The summed E-state index contributed by atoms with van der Waals surface area (Å²) in [6, 6.07) is 7.88. The van der Waals surface area contributed by atoms with Crippen LogP contribution in [0.2, 0.25) is 0 Å². The van der Waals surface area contributed by atoms with Crippen LogP contribution in [0.1, 0.15) is 37.0 Å². The Morgan fingerprint density at radius 2 is 1.82 bits per heavy atom. The van der Waals surface area contributed by atoms with Gasteiger partial charge in [-0.25, -0.2) is 0 Å². The van der Waals surface area contributed by atoms with E-state index in [1.807, 2.05) is 24.3 Å². The second-order valence-corrected chi connectivity index (χ2v) is 3.97. The molecule has 0 unspecified atom stereocenters. The topological polar surface area (TPSA) is 20.3 Å². The summed E-state index contributed by atoms with van der Waals surface area (Å²) in [4.78, 5) is 14.0. The van der Waals surface area contributed by atoms with Gasteiger partial charge in [0.25, 0.3) is 0 Å². The molecule has 0 bridgehead atoms. The van der Waals surface area contributed by atoms with E-state index in [4.69, 9.17) is 0 Å². The van der Waals surface area contributed by atoms with Crippen molar-refractivity contribution < 1.29 is 4.79 Å². The molecule has 2 nitrogen and oxygen atoms in total. The van der Waals surface area contributed by atoms with Crippen molar-refractivity contribution in [3.8, 4) is 0 Å². The number of nitrogens with zero attached hydrogens (tertiary/aromatic N) is 1. The summed E-state index contributed by atoms with van der Waals surface area (Å²) in [5.74, 6) is 0.191. The number of anilines is 1. The fourth-order valence-corrected chi connectivity index (χ4v) is 1.82. The molecule has 0 N–H and O–H groups in total. The molecule has 0 fully saturated rings. The smallest absolute Gasteiger partial charge is 0.163 e. The standard InChI is InChI=1S/C15H21NO/c1-4-7-8-15(17)13-9-11-14(12-10-13)16(5-2)6-3/h4,9-12H,1,5-8H2,2-3H3. The zero-order valence-corrected chi connectivity index (χ0v) is 10.8. The van der Waals surface area contributed by atoms with Gasteiger partial charge >= 0.3 is 0 Å². The summed E-state index contributed by atoms with van der Waals surface area (Å²) >= 11 is 0. The van der Waals surface area contributed by atoms with E-state index in [2.05, 4.69) is 25.3 Å². The van der Waals surface area contributed by atoms with E-state index in [9.17, 15) is 4.79 Å². The van der Waals surface area contributed by atoms with Crippen LogP contribution in [-0.2, 0) is 0 Å². The number of allylic oxidation sites excluding steroid dienone is 1. The predicted molar refractivity (Wildman–Crippen MR) is 73.8 cm³/mol.